The summed E-state index contributed by atoms with van der Waals surface area (Å²) in [5.74, 6) is 0.112. The van der Waals surface area contributed by atoms with E-state index in [1.54, 1.807) is 6.20 Å². The molecule has 0 spiro atoms. The Kier molecular flexibility index (Phi) is 4.27. The van der Waals surface area contributed by atoms with Crippen molar-refractivity contribution in [2.75, 3.05) is 0 Å². The Balaban J connectivity index is 2.11. The molecule has 2 aromatic rings. The van der Waals surface area contributed by atoms with Crippen LogP contribution in [-0.2, 0) is 6.42 Å². The Morgan fingerprint density at radius 1 is 1.48 bits per heavy atom. The van der Waals surface area contributed by atoms with Crippen molar-refractivity contribution in [1.29, 1.82) is 5.41 Å². The van der Waals surface area contributed by atoms with Crippen LogP contribution in [0, 0.1) is 5.41 Å². The van der Waals surface area contributed by atoms with Gasteiger partial charge in [0.1, 0.15) is 5.75 Å². The first-order valence-electron chi connectivity index (χ1n) is 7.00. The number of allylic oxidation sites excluding steroid dienone is 1. The molecule has 3 rings (SSSR count). The highest BCUT2D eigenvalue weighted by molar-refractivity contribution is 7.90. The summed E-state index contributed by atoms with van der Waals surface area (Å²) in [5, 5.41) is 8.06. The fourth-order valence-electron chi connectivity index (χ4n) is 2.49. The van der Waals surface area contributed by atoms with Crippen LogP contribution in [0.4, 0.5) is 0 Å². The molecule has 0 aromatic carbocycles. The van der Waals surface area contributed by atoms with Gasteiger partial charge in [-0.2, -0.15) is 0 Å². The monoisotopic (exact) mass is 343 g/mol. The number of nitrogens with zero attached hydrogens (tertiary/aromatic N) is 1. The van der Waals surface area contributed by atoms with Crippen LogP contribution >= 0.6 is 24.0 Å². The fourth-order valence-corrected chi connectivity index (χ4v) is 4.06. The molecule has 5 nitrogen and oxygen atoms in total. The first-order valence-corrected chi connectivity index (χ1v) is 8.26. The zero-order chi connectivity index (χ0) is 16.6. The van der Waals surface area contributed by atoms with Crippen LogP contribution in [0.2, 0.25) is 0 Å². The average molecular weight is 343 g/mol. The van der Waals surface area contributed by atoms with E-state index in [1.807, 2.05) is 20.0 Å². The molecule has 23 heavy (non-hydrogen) atoms. The molecule has 0 fully saturated rings. The third kappa shape index (κ3) is 2.91. The predicted molar refractivity (Wildman–Crippen MR) is 98.3 cm³/mol. The number of aromatic nitrogens is 1. The zero-order valence-electron chi connectivity index (χ0n) is 12.4. The number of thiol groups is 1. The fraction of sp³-hybridized carbons (Fsp3) is 0.133. The van der Waals surface area contributed by atoms with Crippen LogP contribution < -0.4 is 16.1 Å². The van der Waals surface area contributed by atoms with Gasteiger partial charge in [0, 0.05) is 16.7 Å². The second-order valence-corrected chi connectivity index (χ2v) is 6.62. The van der Waals surface area contributed by atoms with Crippen LogP contribution in [0.25, 0.3) is 4.91 Å². The summed E-state index contributed by atoms with van der Waals surface area (Å²) in [6.07, 6.45) is 4.24. The Morgan fingerprint density at radius 3 is 2.87 bits per heavy atom. The van der Waals surface area contributed by atoms with Gasteiger partial charge in [-0.1, -0.05) is 11.3 Å². The normalized spacial score (nSPS) is 13.6. The minimum Gasteiger partial charge on any atom is -0.444 e. The molecule has 0 unspecified atom stereocenters. The van der Waals surface area contributed by atoms with Gasteiger partial charge in [-0.05, 0) is 41.7 Å². The maximum absolute atomic E-state index is 11.7. The van der Waals surface area contributed by atoms with E-state index in [1.165, 1.54) is 17.6 Å². The molecule has 3 N–H and O–H groups in total. The molecule has 116 valence electrons. The zero-order valence-corrected chi connectivity index (χ0v) is 14.1. The number of ether oxygens (including phenoxy) is 1. The van der Waals surface area contributed by atoms with E-state index >= 15 is 0 Å². The standard InChI is InChI=1S/C15H14BN3O2S2/c16-10-4-2-8(6-19-10)21-15-11-9(13(23-15)14(18)20)3-1-7(5-17)12(11)22/h2,4-6,17,22H,1,3,16H2,(H2,18,20). The Hall–Kier alpha value is -2.06. The number of nitrogens with two attached hydrogens (primary N) is 1. The van der Waals surface area contributed by atoms with Crippen molar-refractivity contribution in [3.63, 3.8) is 0 Å². The highest BCUT2D eigenvalue weighted by atomic mass is 32.1. The molecule has 0 aliphatic heterocycles. The molecular weight excluding hydrogens is 329 g/mol. The van der Waals surface area contributed by atoms with E-state index in [0.717, 1.165) is 22.3 Å². The molecule has 8 heteroatoms. The van der Waals surface area contributed by atoms with E-state index in [9.17, 15) is 4.79 Å². The van der Waals surface area contributed by atoms with Gasteiger partial charge in [-0.3, -0.25) is 9.78 Å². The smallest absolute Gasteiger partial charge is 0.259 e. The quantitative estimate of drug-likeness (QED) is 0.447. The van der Waals surface area contributed by atoms with Crippen molar-refractivity contribution in [3.05, 3.63) is 39.9 Å². The van der Waals surface area contributed by atoms with Gasteiger partial charge in [0.25, 0.3) is 5.91 Å². The molecular formula is C15H14BN3O2S2. The van der Waals surface area contributed by atoms with Gasteiger partial charge in [0.05, 0.1) is 11.1 Å². The van der Waals surface area contributed by atoms with Crippen LogP contribution in [0.1, 0.15) is 27.2 Å². The Bertz CT molecular complexity index is 828. The maximum atomic E-state index is 11.7. The average Bonchev–Trinajstić information content (AvgIpc) is 2.90. The van der Waals surface area contributed by atoms with Crippen molar-refractivity contribution in [2.24, 2.45) is 5.73 Å². The second-order valence-electron chi connectivity index (χ2n) is 5.19. The molecule has 1 aliphatic carbocycles. The lowest BCUT2D eigenvalue weighted by atomic mass is 9.93. The molecule has 0 saturated heterocycles. The number of amides is 1. The maximum Gasteiger partial charge on any atom is 0.259 e. The minimum absolute atomic E-state index is 0.470. The number of nitrogens with one attached hydrogen (secondary N) is 1. The number of hydrogen-bond acceptors (Lipinski definition) is 6. The first kappa shape index (κ1) is 15.8. The van der Waals surface area contributed by atoms with Gasteiger partial charge in [-0.25, -0.2) is 0 Å². The summed E-state index contributed by atoms with van der Waals surface area (Å²) >= 11 is 5.75. The summed E-state index contributed by atoms with van der Waals surface area (Å²) < 4.78 is 5.92. The number of thiophene rings is 1. The molecule has 2 heterocycles. The number of rotatable bonds is 4. The summed E-state index contributed by atoms with van der Waals surface area (Å²) in [7, 11) is 1.90. The predicted octanol–water partition coefficient (Wildman–Crippen LogP) is 1.53. The number of pyridine rings is 1. The number of carbonyl (C=O) groups excluding carboxylic acids is 1. The first-order chi connectivity index (χ1) is 11.0. The summed E-state index contributed by atoms with van der Waals surface area (Å²) in [6, 6.07) is 3.67. The summed E-state index contributed by atoms with van der Waals surface area (Å²) in [4.78, 5) is 17.1. The Morgan fingerprint density at radius 2 is 2.26 bits per heavy atom. The lowest BCUT2D eigenvalue weighted by Gasteiger charge is -2.16. The summed E-state index contributed by atoms with van der Waals surface area (Å²) in [6.45, 7) is 0. The van der Waals surface area contributed by atoms with E-state index in [2.05, 4.69) is 17.6 Å². The highest BCUT2D eigenvalue weighted by Gasteiger charge is 2.28. The van der Waals surface area contributed by atoms with Crippen molar-refractivity contribution < 1.29 is 9.53 Å². The molecule has 0 radical (unpaired) electrons. The van der Waals surface area contributed by atoms with E-state index in [4.69, 9.17) is 15.9 Å². The van der Waals surface area contributed by atoms with Gasteiger partial charge in [0.2, 0.25) is 0 Å². The number of hydrogen-bond donors (Lipinski definition) is 3. The van der Waals surface area contributed by atoms with Crippen LogP contribution in [0.15, 0.2) is 23.9 Å². The lowest BCUT2D eigenvalue weighted by molar-refractivity contribution is 0.100. The molecule has 2 aromatic heterocycles. The topological polar surface area (TPSA) is 89.1 Å². The van der Waals surface area contributed by atoms with Gasteiger partial charge in [-0.15, -0.1) is 12.6 Å². The van der Waals surface area contributed by atoms with E-state index in [-0.39, 0.29) is 0 Å². The van der Waals surface area contributed by atoms with E-state index < -0.39 is 5.91 Å². The van der Waals surface area contributed by atoms with Crippen LogP contribution in [-0.4, -0.2) is 25.0 Å². The van der Waals surface area contributed by atoms with Crippen molar-refractivity contribution in [3.8, 4) is 10.8 Å². The van der Waals surface area contributed by atoms with Crippen LogP contribution in [0.3, 0.4) is 0 Å². The molecule has 0 atom stereocenters. The minimum atomic E-state index is -0.470. The highest BCUT2D eigenvalue weighted by Crippen LogP contribution is 2.47. The summed E-state index contributed by atoms with van der Waals surface area (Å²) in [5.41, 5.74) is 8.82. The van der Waals surface area contributed by atoms with Crippen molar-refractivity contribution in [2.45, 2.75) is 12.8 Å². The SMILES string of the molecule is Bc1ccc(Oc2sc(C(N)=O)c3c2C(S)=C(C=N)CC3)cn1. The van der Waals surface area contributed by atoms with Crippen molar-refractivity contribution in [1.82, 2.24) is 4.98 Å². The third-order valence-corrected chi connectivity index (χ3v) is 5.29. The second kappa shape index (κ2) is 6.21. The number of carbonyl (C=O) groups is 1. The molecule has 1 aliphatic rings. The van der Waals surface area contributed by atoms with Gasteiger partial charge >= 0.3 is 0 Å². The Labute approximate surface area is 143 Å². The van der Waals surface area contributed by atoms with Crippen LogP contribution in [0.5, 0.6) is 10.8 Å². The molecule has 0 bridgehead atoms. The van der Waals surface area contributed by atoms with Crippen molar-refractivity contribution >= 4 is 54.4 Å². The number of fused-ring (bicyclic) bond motifs is 1. The van der Waals surface area contributed by atoms with Gasteiger partial charge in [0.15, 0.2) is 12.9 Å². The largest absolute Gasteiger partial charge is 0.444 e. The molecule has 1 amide bonds. The van der Waals surface area contributed by atoms with Gasteiger partial charge < -0.3 is 15.9 Å². The van der Waals surface area contributed by atoms with E-state index in [0.29, 0.717) is 33.4 Å². The number of primary amides is 1. The molecule has 0 saturated carbocycles. The third-order valence-electron chi connectivity index (χ3n) is 3.65. The lowest BCUT2D eigenvalue weighted by Crippen LogP contribution is -2.13.